The predicted octanol–water partition coefficient (Wildman–Crippen LogP) is 2.07. The van der Waals surface area contributed by atoms with Gasteiger partial charge in [0.15, 0.2) is 0 Å². The van der Waals surface area contributed by atoms with Crippen molar-refractivity contribution in [3.63, 3.8) is 0 Å². The van der Waals surface area contributed by atoms with Crippen molar-refractivity contribution in [2.24, 2.45) is 0 Å². The zero-order valence-electron chi connectivity index (χ0n) is 19.1. The maximum absolute atomic E-state index is 14.4. The van der Waals surface area contributed by atoms with Crippen LogP contribution in [0.4, 0.5) is 9.59 Å². The van der Waals surface area contributed by atoms with Crippen molar-refractivity contribution >= 4 is 25.7 Å². The number of carbonyl (C=O) groups is 3. The Morgan fingerprint density at radius 3 is 1.61 bits per heavy atom. The van der Waals surface area contributed by atoms with E-state index in [0.717, 1.165) is 0 Å². The Labute approximate surface area is 194 Å². The second-order valence-corrected chi connectivity index (χ2v) is 10.1. The van der Waals surface area contributed by atoms with Crippen LogP contribution in [-0.4, -0.2) is 103 Å². The van der Waals surface area contributed by atoms with Crippen molar-refractivity contribution in [1.82, 2.24) is 24.2 Å². The number of rotatable bonds is 6. The van der Waals surface area contributed by atoms with Crippen molar-refractivity contribution in [2.75, 3.05) is 65.6 Å². The summed E-state index contributed by atoms with van der Waals surface area (Å²) in [5.74, 6) is -0.431. The van der Waals surface area contributed by atoms with Gasteiger partial charge in [-0.2, -0.15) is 0 Å². The molecule has 1 aromatic carbocycles. The Balaban J connectivity index is 1.74. The van der Waals surface area contributed by atoms with Gasteiger partial charge in [0.1, 0.15) is 0 Å². The van der Waals surface area contributed by atoms with E-state index in [-0.39, 0.29) is 13.2 Å². The lowest BCUT2D eigenvalue weighted by molar-refractivity contribution is 0.0839. The molecule has 33 heavy (non-hydrogen) atoms. The lowest BCUT2D eigenvalue weighted by Crippen LogP contribution is -2.55. The van der Waals surface area contributed by atoms with Gasteiger partial charge in [0.2, 0.25) is 0 Å². The number of carbonyl (C=O) groups excluding carboxylic acids is 3. The minimum atomic E-state index is -3.53. The van der Waals surface area contributed by atoms with E-state index in [1.54, 1.807) is 63.3 Å². The number of hydrogen-bond donors (Lipinski definition) is 1. The molecule has 0 bridgehead atoms. The summed E-state index contributed by atoms with van der Waals surface area (Å²) < 4.78 is 28.0. The van der Waals surface area contributed by atoms with Gasteiger partial charge in [0.05, 0.1) is 13.2 Å². The monoisotopic (exact) mass is 481 g/mol. The molecule has 0 spiro atoms. The van der Waals surface area contributed by atoms with Gasteiger partial charge in [-0.3, -0.25) is 14.4 Å². The zero-order chi connectivity index (χ0) is 23.8. The van der Waals surface area contributed by atoms with Gasteiger partial charge in [-0.05, 0) is 26.0 Å². The fourth-order valence-electron chi connectivity index (χ4n) is 3.84. The van der Waals surface area contributed by atoms with Gasteiger partial charge < -0.3 is 19.3 Å². The first kappa shape index (κ1) is 25.0. The highest BCUT2D eigenvalue weighted by Gasteiger charge is 2.43. The van der Waals surface area contributed by atoms with Crippen molar-refractivity contribution in [3.8, 4) is 0 Å². The van der Waals surface area contributed by atoms with Crippen LogP contribution >= 0.6 is 7.59 Å². The van der Waals surface area contributed by atoms with E-state index in [4.69, 9.17) is 9.47 Å². The van der Waals surface area contributed by atoms with Crippen molar-refractivity contribution < 1.29 is 28.4 Å². The lowest BCUT2D eigenvalue weighted by Gasteiger charge is -2.45. The number of nitrogens with one attached hydrogen (secondary N) is 1. The number of ether oxygens (including phenoxy) is 2. The summed E-state index contributed by atoms with van der Waals surface area (Å²) in [7, 11) is -3.53. The van der Waals surface area contributed by atoms with Crippen LogP contribution in [-0.2, 0) is 14.0 Å². The van der Waals surface area contributed by atoms with Gasteiger partial charge >= 0.3 is 19.8 Å². The molecule has 3 amide bonds. The first-order valence-corrected chi connectivity index (χ1v) is 12.8. The molecule has 0 radical (unpaired) electrons. The Morgan fingerprint density at radius 2 is 1.21 bits per heavy atom. The van der Waals surface area contributed by atoms with E-state index in [1.807, 2.05) is 0 Å². The first-order valence-electron chi connectivity index (χ1n) is 11.2. The molecule has 0 atom stereocenters. The normalized spacial score (nSPS) is 18.0. The Morgan fingerprint density at radius 1 is 0.788 bits per heavy atom. The number of amides is 3. The summed E-state index contributed by atoms with van der Waals surface area (Å²) in [5.41, 5.74) is 0.410. The van der Waals surface area contributed by atoms with Crippen LogP contribution < -0.4 is 5.09 Å². The maximum atomic E-state index is 14.4. The third-order valence-electron chi connectivity index (χ3n) is 5.61. The largest absolute Gasteiger partial charge is 0.450 e. The molecule has 0 unspecified atom stereocenters. The van der Waals surface area contributed by atoms with Gasteiger partial charge in [0, 0.05) is 57.9 Å². The number of piperazine rings is 2. The van der Waals surface area contributed by atoms with Gasteiger partial charge in [-0.15, -0.1) is 0 Å². The lowest BCUT2D eigenvalue weighted by atomic mass is 10.2. The maximum Gasteiger partial charge on any atom is 0.409 e. The summed E-state index contributed by atoms with van der Waals surface area (Å²) in [6, 6.07) is 8.62. The van der Waals surface area contributed by atoms with E-state index < -0.39 is 25.7 Å². The van der Waals surface area contributed by atoms with E-state index >= 15 is 0 Å². The molecule has 0 aromatic heterocycles. The molecular formula is C21H32N5O6P. The molecule has 11 nitrogen and oxygen atoms in total. The van der Waals surface area contributed by atoms with Crippen LogP contribution in [0.15, 0.2) is 30.3 Å². The zero-order valence-corrected chi connectivity index (χ0v) is 20.0. The Kier molecular flexibility index (Phi) is 8.71. The highest BCUT2D eigenvalue weighted by atomic mass is 31.2. The average molecular weight is 481 g/mol. The van der Waals surface area contributed by atoms with Crippen LogP contribution in [0.3, 0.4) is 0 Å². The first-order chi connectivity index (χ1) is 15.9. The third kappa shape index (κ3) is 6.04. The molecular weight excluding hydrogens is 449 g/mol. The molecule has 0 aliphatic carbocycles. The SMILES string of the molecule is CCOC(=O)N1CCN(P(=O)(NC(=O)c2ccccc2)N2CCN(C(=O)OCC)CC2)CC1. The minimum absolute atomic E-state index is 0.287. The van der Waals surface area contributed by atoms with Crippen LogP contribution in [0.25, 0.3) is 0 Å². The molecule has 2 fully saturated rings. The smallest absolute Gasteiger partial charge is 0.409 e. The van der Waals surface area contributed by atoms with Gasteiger partial charge in [-0.1, -0.05) is 18.2 Å². The van der Waals surface area contributed by atoms with Crippen molar-refractivity contribution in [2.45, 2.75) is 13.8 Å². The van der Waals surface area contributed by atoms with Crippen LogP contribution in [0.1, 0.15) is 24.2 Å². The van der Waals surface area contributed by atoms with E-state index in [1.165, 1.54) is 0 Å². The Bertz CT molecular complexity index is 827. The number of nitrogens with zero attached hydrogens (tertiary/aromatic N) is 4. The summed E-state index contributed by atoms with van der Waals surface area (Å²) in [6.45, 7) is 6.72. The molecule has 2 aliphatic heterocycles. The molecule has 2 heterocycles. The summed E-state index contributed by atoms with van der Waals surface area (Å²) in [4.78, 5) is 40.2. The van der Waals surface area contributed by atoms with Crippen molar-refractivity contribution in [1.29, 1.82) is 0 Å². The van der Waals surface area contributed by atoms with Crippen LogP contribution in [0, 0.1) is 0 Å². The van der Waals surface area contributed by atoms with E-state index in [9.17, 15) is 18.9 Å². The van der Waals surface area contributed by atoms with Gasteiger partial charge in [0.25, 0.3) is 5.91 Å². The van der Waals surface area contributed by atoms with E-state index in [0.29, 0.717) is 57.9 Å². The molecule has 1 N–H and O–H groups in total. The number of hydrogen-bond acceptors (Lipinski definition) is 6. The van der Waals surface area contributed by atoms with Crippen LogP contribution in [0.2, 0.25) is 0 Å². The summed E-state index contributed by atoms with van der Waals surface area (Å²) >= 11 is 0. The molecule has 1 aromatic rings. The molecule has 3 rings (SSSR count). The average Bonchev–Trinajstić information content (AvgIpc) is 2.85. The van der Waals surface area contributed by atoms with Crippen LogP contribution in [0.5, 0.6) is 0 Å². The third-order valence-corrected chi connectivity index (χ3v) is 8.44. The fourth-order valence-corrected chi connectivity index (χ4v) is 6.31. The quantitative estimate of drug-likeness (QED) is 0.615. The summed E-state index contributed by atoms with van der Waals surface area (Å²) in [6.07, 6.45) is -0.799. The topological polar surface area (TPSA) is 112 Å². The molecule has 2 saturated heterocycles. The molecule has 2 aliphatic rings. The van der Waals surface area contributed by atoms with Gasteiger partial charge in [-0.25, -0.2) is 18.9 Å². The summed E-state index contributed by atoms with van der Waals surface area (Å²) in [5, 5.41) is 2.79. The van der Waals surface area contributed by atoms with E-state index in [2.05, 4.69) is 5.09 Å². The highest BCUT2D eigenvalue weighted by molar-refractivity contribution is 7.57. The predicted molar refractivity (Wildman–Crippen MR) is 122 cm³/mol. The fraction of sp³-hybridized carbons (Fsp3) is 0.571. The Hall–Kier alpha value is -2.62. The molecule has 0 saturated carbocycles. The second kappa shape index (κ2) is 11.5. The molecule has 182 valence electrons. The highest BCUT2D eigenvalue weighted by Crippen LogP contribution is 2.50. The molecule has 12 heteroatoms. The number of benzene rings is 1. The minimum Gasteiger partial charge on any atom is -0.450 e. The van der Waals surface area contributed by atoms with Crippen molar-refractivity contribution in [3.05, 3.63) is 35.9 Å². The second-order valence-electron chi connectivity index (χ2n) is 7.63. The standard InChI is InChI=1S/C21H32N5O6P/c1-3-31-20(28)23-10-14-25(15-11-23)33(30,22-19(27)18-8-6-5-7-9-18)26-16-12-24(13-17-26)21(29)32-4-2/h5-9H,3-4,10-17H2,1-2H3,(H,22,27,30).